The Labute approximate surface area is 124 Å². The molecule has 0 N–H and O–H groups in total. The third-order valence-corrected chi connectivity index (χ3v) is 3.24. The maximum absolute atomic E-state index is 12.0. The monoisotopic (exact) mass is 282 g/mol. The third kappa shape index (κ3) is 4.02. The zero-order chi connectivity index (χ0) is 15.2. The number of benzene rings is 2. The molecule has 0 amide bonds. The van der Waals surface area contributed by atoms with Crippen molar-refractivity contribution < 1.29 is 14.3 Å². The van der Waals surface area contributed by atoms with Gasteiger partial charge in [-0.15, -0.1) is 0 Å². The van der Waals surface area contributed by atoms with Gasteiger partial charge in [0, 0.05) is 5.56 Å². The molecule has 0 heterocycles. The summed E-state index contributed by atoms with van der Waals surface area (Å²) in [5, 5.41) is 0. The number of esters is 1. The summed E-state index contributed by atoms with van der Waals surface area (Å²) in [6.45, 7) is 4.26. The van der Waals surface area contributed by atoms with Crippen LogP contribution in [0, 0.1) is 0 Å². The van der Waals surface area contributed by atoms with E-state index in [1.54, 1.807) is 12.1 Å². The Morgan fingerprint density at radius 2 is 1.57 bits per heavy atom. The van der Waals surface area contributed by atoms with Crippen molar-refractivity contribution in [3.05, 3.63) is 71.3 Å². The summed E-state index contributed by atoms with van der Waals surface area (Å²) in [5.41, 5.74) is 2.34. The predicted octanol–water partition coefficient (Wildman–Crippen LogP) is 3.74. The normalized spacial score (nSPS) is 10.4. The van der Waals surface area contributed by atoms with Gasteiger partial charge in [0.15, 0.2) is 0 Å². The molecule has 0 atom stereocenters. The standard InChI is InChI=1S/C18H18O3/c1-13(2)15-8-10-16(11-9-15)17(19)18(20)21-12-14-6-4-3-5-7-14/h3-11,13H,12H2,1-2H3. The van der Waals surface area contributed by atoms with Crippen LogP contribution in [0.3, 0.4) is 0 Å². The average Bonchev–Trinajstić information content (AvgIpc) is 2.53. The Kier molecular flexibility index (Phi) is 4.88. The average molecular weight is 282 g/mol. The molecule has 0 radical (unpaired) electrons. The van der Waals surface area contributed by atoms with Gasteiger partial charge in [0.1, 0.15) is 6.61 Å². The van der Waals surface area contributed by atoms with E-state index in [4.69, 9.17) is 4.74 Å². The minimum Gasteiger partial charge on any atom is -0.455 e. The van der Waals surface area contributed by atoms with Gasteiger partial charge in [-0.05, 0) is 17.0 Å². The van der Waals surface area contributed by atoms with E-state index in [9.17, 15) is 9.59 Å². The van der Waals surface area contributed by atoms with Crippen LogP contribution in [0.2, 0.25) is 0 Å². The van der Waals surface area contributed by atoms with Crippen molar-refractivity contribution in [1.29, 1.82) is 0 Å². The molecule has 2 aromatic rings. The highest BCUT2D eigenvalue weighted by Crippen LogP contribution is 2.15. The molecule has 0 aliphatic carbocycles. The number of ketones is 1. The van der Waals surface area contributed by atoms with E-state index in [1.165, 1.54) is 0 Å². The van der Waals surface area contributed by atoms with Crippen molar-refractivity contribution in [1.82, 2.24) is 0 Å². The molecular formula is C18H18O3. The second-order valence-corrected chi connectivity index (χ2v) is 5.17. The molecule has 0 unspecified atom stereocenters. The summed E-state index contributed by atoms with van der Waals surface area (Å²) in [6, 6.07) is 16.3. The number of Topliss-reactive ketones (excluding diaryl/α,β-unsaturated/α-hetero) is 1. The van der Waals surface area contributed by atoms with Crippen LogP contribution in [0.5, 0.6) is 0 Å². The lowest BCUT2D eigenvalue weighted by Crippen LogP contribution is -2.17. The van der Waals surface area contributed by atoms with E-state index in [2.05, 4.69) is 13.8 Å². The smallest absolute Gasteiger partial charge is 0.380 e. The van der Waals surface area contributed by atoms with Crippen molar-refractivity contribution in [3.63, 3.8) is 0 Å². The van der Waals surface area contributed by atoms with Crippen LogP contribution < -0.4 is 0 Å². The van der Waals surface area contributed by atoms with Crippen LogP contribution in [0.15, 0.2) is 54.6 Å². The van der Waals surface area contributed by atoms with Gasteiger partial charge in [0.2, 0.25) is 0 Å². The molecule has 108 valence electrons. The molecule has 0 aromatic heterocycles. The van der Waals surface area contributed by atoms with Crippen LogP contribution in [0.1, 0.15) is 41.3 Å². The summed E-state index contributed by atoms with van der Waals surface area (Å²) < 4.78 is 5.03. The predicted molar refractivity (Wildman–Crippen MR) is 81.1 cm³/mol. The fraction of sp³-hybridized carbons (Fsp3) is 0.222. The fourth-order valence-electron chi connectivity index (χ4n) is 1.93. The first-order chi connectivity index (χ1) is 10.1. The summed E-state index contributed by atoms with van der Waals surface area (Å²) in [6.07, 6.45) is 0. The number of ether oxygens (including phenoxy) is 1. The third-order valence-electron chi connectivity index (χ3n) is 3.24. The van der Waals surface area contributed by atoms with Crippen molar-refractivity contribution in [2.45, 2.75) is 26.4 Å². The highest BCUT2D eigenvalue weighted by atomic mass is 16.5. The Balaban J connectivity index is 1.97. The summed E-state index contributed by atoms with van der Waals surface area (Å²) in [4.78, 5) is 23.7. The Bertz CT molecular complexity index is 613. The molecule has 0 aliphatic heterocycles. The van der Waals surface area contributed by atoms with Crippen molar-refractivity contribution in [2.24, 2.45) is 0 Å². The minimum absolute atomic E-state index is 0.107. The Morgan fingerprint density at radius 3 is 2.14 bits per heavy atom. The van der Waals surface area contributed by atoms with Crippen LogP contribution in [0.4, 0.5) is 0 Å². The molecule has 3 heteroatoms. The van der Waals surface area contributed by atoms with Gasteiger partial charge in [-0.2, -0.15) is 0 Å². The number of hydrogen-bond acceptors (Lipinski definition) is 3. The molecule has 21 heavy (non-hydrogen) atoms. The molecule has 0 spiro atoms. The van der Waals surface area contributed by atoms with E-state index < -0.39 is 11.8 Å². The zero-order valence-electron chi connectivity index (χ0n) is 12.2. The van der Waals surface area contributed by atoms with Crippen LogP contribution in [-0.2, 0) is 16.1 Å². The van der Waals surface area contributed by atoms with E-state index >= 15 is 0 Å². The molecule has 0 saturated carbocycles. The van der Waals surface area contributed by atoms with Gasteiger partial charge in [-0.25, -0.2) is 4.79 Å². The van der Waals surface area contributed by atoms with Crippen molar-refractivity contribution >= 4 is 11.8 Å². The fourth-order valence-corrected chi connectivity index (χ4v) is 1.93. The highest BCUT2D eigenvalue weighted by molar-refractivity contribution is 6.40. The first-order valence-corrected chi connectivity index (χ1v) is 6.93. The van der Waals surface area contributed by atoms with E-state index in [1.807, 2.05) is 42.5 Å². The first kappa shape index (κ1) is 15.0. The summed E-state index contributed by atoms with van der Waals surface area (Å²) in [5.74, 6) is -1.04. The van der Waals surface area contributed by atoms with Gasteiger partial charge in [-0.3, -0.25) is 4.79 Å². The Hall–Kier alpha value is -2.42. The van der Waals surface area contributed by atoms with Crippen LogP contribution in [0.25, 0.3) is 0 Å². The molecule has 0 saturated heterocycles. The van der Waals surface area contributed by atoms with Gasteiger partial charge in [0.25, 0.3) is 5.78 Å². The van der Waals surface area contributed by atoms with E-state index in [-0.39, 0.29) is 6.61 Å². The van der Waals surface area contributed by atoms with Gasteiger partial charge in [0.05, 0.1) is 0 Å². The number of carbonyl (C=O) groups excluding carboxylic acids is 2. The Morgan fingerprint density at radius 1 is 0.952 bits per heavy atom. The first-order valence-electron chi connectivity index (χ1n) is 6.93. The molecule has 0 bridgehead atoms. The SMILES string of the molecule is CC(C)c1ccc(C(=O)C(=O)OCc2ccccc2)cc1. The van der Waals surface area contributed by atoms with Crippen molar-refractivity contribution in [2.75, 3.05) is 0 Å². The number of rotatable bonds is 5. The largest absolute Gasteiger partial charge is 0.455 e. The minimum atomic E-state index is -0.823. The lowest BCUT2D eigenvalue weighted by Gasteiger charge is -2.07. The van der Waals surface area contributed by atoms with Crippen molar-refractivity contribution in [3.8, 4) is 0 Å². The quantitative estimate of drug-likeness (QED) is 0.476. The molecule has 0 fully saturated rings. The van der Waals surface area contributed by atoms with E-state index in [0.717, 1.165) is 11.1 Å². The second-order valence-electron chi connectivity index (χ2n) is 5.17. The van der Waals surface area contributed by atoms with Gasteiger partial charge < -0.3 is 4.74 Å². The zero-order valence-corrected chi connectivity index (χ0v) is 12.2. The van der Waals surface area contributed by atoms with Gasteiger partial charge in [-0.1, -0.05) is 68.4 Å². The second kappa shape index (κ2) is 6.84. The number of hydrogen-bond donors (Lipinski definition) is 0. The topological polar surface area (TPSA) is 43.4 Å². The molecule has 2 rings (SSSR count). The van der Waals surface area contributed by atoms with Crippen LogP contribution >= 0.6 is 0 Å². The van der Waals surface area contributed by atoms with Gasteiger partial charge >= 0.3 is 5.97 Å². The lowest BCUT2D eigenvalue weighted by atomic mass is 10.0. The molecule has 0 aliphatic rings. The maximum atomic E-state index is 12.0. The summed E-state index contributed by atoms with van der Waals surface area (Å²) in [7, 11) is 0. The maximum Gasteiger partial charge on any atom is 0.380 e. The number of carbonyl (C=O) groups is 2. The van der Waals surface area contributed by atoms with E-state index in [0.29, 0.717) is 11.5 Å². The molecule has 3 nitrogen and oxygen atoms in total. The lowest BCUT2D eigenvalue weighted by molar-refractivity contribution is -0.139. The summed E-state index contributed by atoms with van der Waals surface area (Å²) >= 11 is 0. The molecular weight excluding hydrogens is 264 g/mol. The molecule has 2 aromatic carbocycles. The highest BCUT2D eigenvalue weighted by Gasteiger charge is 2.18. The van der Waals surface area contributed by atoms with Crippen LogP contribution in [-0.4, -0.2) is 11.8 Å².